The molecule has 0 saturated heterocycles. The first-order valence-corrected chi connectivity index (χ1v) is 11.5. The van der Waals surface area contributed by atoms with Crippen molar-refractivity contribution in [1.82, 2.24) is 25.2 Å². The molecule has 12 heteroatoms. The van der Waals surface area contributed by atoms with Crippen LogP contribution in [0.2, 0.25) is 0 Å². The molecule has 0 aliphatic carbocycles. The zero-order valence-corrected chi connectivity index (χ0v) is 18.8. The molecule has 0 saturated carbocycles. The molecule has 0 bridgehead atoms. The molecule has 0 atom stereocenters. The van der Waals surface area contributed by atoms with Crippen molar-refractivity contribution in [1.29, 1.82) is 0 Å². The van der Waals surface area contributed by atoms with E-state index in [0.717, 1.165) is 15.8 Å². The van der Waals surface area contributed by atoms with E-state index >= 15 is 0 Å². The van der Waals surface area contributed by atoms with Gasteiger partial charge in [-0.05, 0) is 35.0 Å². The van der Waals surface area contributed by atoms with Gasteiger partial charge in [0.25, 0.3) is 0 Å². The minimum Gasteiger partial charge on any atom is -0.494 e. The molecule has 2 aromatic heterocycles. The largest absolute Gasteiger partial charge is 0.494 e. The van der Waals surface area contributed by atoms with Crippen LogP contribution >= 0.6 is 23.1 Å². The van der Waals surface area contributed by atoms with Crippen molar-refractivity contribution in [3.05, 3.63) is 35.9 Å². The number of carbonyl (C=O) groups is 1. The van der Waals surface area contributed by atoms with Gasteiger partial charge in [-0.25, -0.2) is 4.98 Å². The Labute approximate surface area is 190 Å². The maximum Gasteiger partial charge on any atom is 0.236 e. The number of hydrogen-bond acceptors (Lipinski definition) is 10. The highest BCUT2D eigenvalue weighted by molar-refractivity contribution is 7.99. The SMILES string of the molecule is COc1ccc(C)cc1-n1nnnc1SCC(=O)Nc1nc2cc3c(cc2s1)OCCO3. The molecule has 0 radical (unpaired) electrons. The third kappa shape index (κ3) is 4.06. The predicted molar refractivity (Wildman–Crippen MR) is 120 cm³/mol. The maximum absolute atomic E-state index is 12.5. The van der Waals surface area contributed by atoms with Crippen LogP contribution < -0.4 is 19.5 Å². The Kier molecular flexibility index (Phi) is 5.53. The Morgan fingerprint density at radius 1 is 1.25 bits per heavy atom. The number of nitrogens with zero attached hydrogens (tertiary/aromatic N) is 5. The summed E-state index contributed by atoms with van der Waals surface area (Å²) in [7, 11) is 1.59. The van der Waals surface area contributed by atoms with Crippen molar-refractivity contribution in [2.24, 2.45) is 0 Å². The van der Waals surface area contributed by atoms with Crippen molar-refractivity contribution in [2.75, 3.05) is 31.4 Å². The van der Waals surface area contributed by atoms with Crippen LogP contribution in [0.15, 0.2) is 35.5 Å². The van der Waals surface area contributed by atoms with E-state index in [0.29, 0.717) is 46.4 Å². The monoisotopic (exact) mass is 470 g/mol. The molecule has 10 nitrogen and oxygen atoms in total. The van der Waals surface area contributed by atoms with Gasteiger partial charge in [0.2, 0.25) is 11.1 Å². The summed E-state index contributed by atoms with van der Waals surface area (Å²) >= 11 is 2.60. The minimum absolute atomic E-state index is 0.118. The molecule has 1 aliphatic heterocycles. The van der Waals surface area contributed by atoms with Gasteiger partial charge in [-0.2, -0.15) is 4.68 Å². The van der Waals surface area contributed by atoms with Crippen LogP contribution in [0.3, 0.4) is 0 Å². The zero-order chi connectivity index (χ0) is 22.1. The van der Waals surface area contributed by atoms with Crippen molar-refractivity contribution in [3.63, 3.8) is 0 Å². The van der Waals surface area contributed by atoms with Crippen LogP contribution in [-0.4, -0.2) is 57.2 Å². The average Bonchev–Trinajstić information content (AvgIpc) is 3.41. The Balaban J connectivity index is 1.28. The number of nitrogens with one attached hydrogen (secondary N) is 1. The Morgan fingerprint density at radius 3 is 2.88 bits per heavy atom. The molecular formula is C20H18N6O4S2. The van der Waals surface area contributed by atoms with Crippen LogP contribution in [0.4, 0.5) is 5.13 Å². The number of thiazole rings is 1. The Morgan fingerprint density at radius 2 is 2.06 bits per heavy atom. The van der Waals surface area contributed by atoms with Crippen molar-refractivity contribution in [2.45, 2.75) is 12.1 Å². The van der Waals surface area contributed by atoms with Gasteiger partial charge in [-0.15, -0.1) is 5.10 Å². The van der Waals surface area contributed by atoms with E-state index in [1.165, 1.54) is 23.1 Å². The van der Waals surface area contributed by atoms with Gasteiger partial charge in [-0.3, -0.25) is 4.79 Å². The topological polar surface area (TPSA) is 113 Å². The van der Waals surface area contributed by atoms with Crippen molar-refractivity contribution < 1.29 is 19.0 Å². The highest BCUT2D eigenvalue weighted by atomic mass is 32.2. The molecule has 4 aromatic rings. The number of anilines is 1. The molecular weight excluding hydrogens is 452 g/mol. The fourth-order valence-electron chi connectivity index (χ4n) is 3.19. The molecule has 1 aliphatic rings. The van der Waals surface area contributed by atoms with Crippen molar-refractivity contribution >= 4 is 44.4 Å². The summed E-state index contributed by atoms with van der Waals surface area (Å²) in [5.41, 5.74) is 2.50. The number of hydrogen-bond donors (Lipinski definition) is 1. The molecule has 3 heterocycles. The molecule has 164 valence electrons. The van der Waals surface area contributed by atoms with E-state index in [9.17, 15) is 4.79 Å². The predicted octanol–water partition coefficient (Wildman–Crippen LogP) is 3.09. The molecule has 0 unspecified atom stereocenters. The number of aromatic nitrogens is 5. The number of ether oxygens (including phenoxy) is 3. The minimum atomic E-state index is -0.211. The van der Waals surface area contributed by atoms with Crippen molar-refractivity contribution in [3.8, 4) is 22.9 Å². The van der Waals surface area contributed by atoms with E-state index in [-0.39, 0.29) is 11.7 Å². The summed E-state index contributed by atoms with van der Waals surface area (Å²) in [6, 6.07) is 9.44. The van der Waals surface area contributed by atoms with E-state index in [4.69, 9.17) is 14.2 Å². The molecule has 2 aromatic carbocycles. The van der Waals surface area contributed by atoms with E-state index in [1.807, 2.05) is 37.3 Å². The third-order valence-corrected chi connectivity index (χ3v) is 6.49. The summed E-state index contributed by atoms with van der Waals surface area (Å²) in [5, 5.41) is 15.7. The Hall–Kier alpha value is -3.38. The van der Waals surface area contributed by atoms with Gasteiger partial charge < -0.3 is 19.5 Å². The first-order valence-electron chi connectivity index (χ1n) is 9.67. The van der Waals surface area contributed by atoms with Crippen LogP contribution in [0.5, 0.6) is 17.2 Å². The lowest BCUT2D eigenvalue weighted by Crippen LogP contribution is -2.15. The van der Waals surface area contributed by atoms with E-state index in [1.54, 1.807) is 11.8 Å². The molecule has 0 fully saturated rings. The quantitative estimate of drug-likeness (QED) is 0.425. The summed E-state index contributed by atoms with van der Waals surface area (Å²) in [5.74, 6) is 1.91. The molecule has 0 spiro atoms. The molecule has 32 heavy (non-hydrogen) atoms. The second-order valence-corrected chi connectivity index (χ2v) is 8.84. The van der Waals surface area contributed by atoms with Crippen LogP contribution in [0, 0.1) is 6.92 Å². The standard InChI is InChI=1S/C20H18N6O4S2/c1-11-3-4-14(28-2)13(7-11)26-20(23-24-25-26)31-10-18(27)22-19-21-12-8-15-16(9-17(12)32-19)30-6-5-29-15/h3-4,7-9H,5-6,10H2,1-2H3,(H,21,22,27). The lowest BCUT2D eigenvalue weighted by Gasteiger charge is -2.17. The van der Waals surface area contributed by atoms with Crippen LogP contribution in [0.25, 0.3) is 15.9 Å². The third-order valence-electron chi connectivity index (χ3n) is 4.63. The number of carbonyl (C=O) groups excluding carboxylic acids is 1. The second-order valence-electron chi connectivity index (χ2n) is 6.87. The van der Waals surface area contributed by atoms with E-state index < -0.39 is 0 Å². The number of thioether (sulfide) groups is 1. The fraction of sp³-hybridized carbons (Fsp3) is 0.250. The summed E-state index contributed by atoms with van der Waals surface area (Å²) < 4.78 is 19.1. The van der Waals surface area contributed by atoms with Gasteiger partial charge in [0, 0.05) is 12.1 Å². The van der Waals surface area contributed by atoms with Crippen LogP contribution in [0.1, 0.15) is 5.56 Å². The second kappa shape index (κ2) is 8.63. The number of benzene rings is 2. The summed E-state index contributed by atoms with van der Waals surface area (Å²) in [6.45, 7) is 3.00. The normalized spacial score (nSPS) is 12.7. The number of methoxy groups -OCH3 is 1. The lowest BCUT2D eigenvalue weighted by atomic mass is 10.2. The smallest absolute Gasteiger partial charge is 0.236 e. The maximum atomic E-state index is 12.5. The molecule has 5 rings (SSSR count). The van der Waals surface area contributed by atoms with Gasteiger partial charge in [0.15, 0.2) is 16.6 Å². The molecule has 1 N–H and O–H groups in total. The average molecular weight is 471 g/mol. The highest BCUT2D eigenvalue weighted by Gasteiger charge is 2.18. The summed E-state index contributed by atoms with van der Waals surface area (Å²) in [4.78, 5) is 17.0. The molecule has 1 amide bonds. The fourth-order valence-corrected chi connectivity index (χ4v) is 4.77. The van der Waals surface area contributed by atoms with E-state index in [2.05, 4.69) is 25.8 Å². The first-order chi connectivity index (χ1) is 15.6. The number of tetrazole rings is 1. The number of amides is 1. The number of fused-ring (bicyclic) bond motifs is 2. The number of rotatable bonds is 6. The Bertz CT molecular complexity index is 1260. The van der Waals surface area contributed by atoms with Gasteiger partial charge >= 0.3 is 0 Å². The van der Waals surface area contributed by atoms with Gasteiger partial charge in [0.1, 0.15) is 24.7 Å². The first kappa shape index (κ1) is 20.5. The zero-order valence-electron chi connectivity index (χ0n) is 17.2. The van der Waals surface area contributed by atoms with Gasteiger partial charge in [-0.1, -0.05) is 29.2 Å². The summed E-state index contributed by atoms with van der Waals surface area (Å²) in [6.07, 6.45) is 0. The number of aryl methyl sites for hydroxylation is 1. The highest BCUT2D eigenvalue weighted by Crippen LogP contribution is 2.38. The van der Waals surface area contributed by atoms with Gasteiger partial charge in [0.05, 0.1) is 23.1 Å². The van der Waals surface area contributed by atoms with Crippen LogP contribution in [-0.2, 0) is 4.79 Å². The lowest BCUT2D eigenvalue weighted by molar-refractivity contribution is -0.113.